The van der Waals surface area contributed by atoms with Gasteiger partial charge >= 0.3 is 0 Å². The van der Waals surface area contributed by atoms with Gasteiger partial charge in [-0.1, -0.05) is 0 Å². The number of nitrogens with one attached hydrogen (secondary N) is 1. The third-order valence-electron chi connectivity index (χ3n) is 2.28. The van der Waals surface area contributed by atoms with E-state index in [1.165, 1.54) is 12.1 Å². The molecular weight excluding hydrogens is 179 g/mol. The highest BCUT2D eigenvalue weighted by atomic mass is 19.1. The molecule has 0 saturated heterocycles. The van der Waals surface area contributed by atoms with Crippen molar-refractivity contribution >= 4 is 10.9 Å². The van der Waals surface area contributed by atoms with E-state index in [-0.39, 0.29) is 5.82 Å². The van der Waals surface area contributed by atoms with Crippen LogP contribution in [0.4, 0.5) is 4.39 Å². The summed E-state index contributed by atoms with van der Waals surface area (Å²) in [5.41, 5.74) is 7.22. The number of fused-ring (bicyclic) bond motifs is 1. The number of nitrogens with two attached hydrogens (primary N) is 1. The fourth-order valence-corrected chi connectivity index (χ4v) is 1.45. The SMILES string of the molecule is CC(C)(N)c1cc2ccc(F)cc2[nH]1. The molecule has 0 spiro atoms. The molecule has 3 N–H and O–H groups in total. The van der Waals surface area contributed by atoms with Crippen LogP contribution in [0.5, 0.6) is 0 Å². The van der Waals surface area contributed by atoms with Gasteiger partial charge in [-0.25, -0.2) is 4.39 Å². The van der Waals surface area contributed by atoms with Crippen molar-refractivity contribution in [2.75, 3.05) is 0 Å². The first-order chi connectivity index (χ1) is 6.47. The minimum atomic E-state index is -0.421. The van der Waals surface area contributed by atoms with Crippen molar-refractivity contribution in [2.45, 2.75) is 19.4 Å². The van der Waals surface area contributed by atoms with Gasteiger partial charge in [-0.2, -0.15) is 0 Å². The Labute approximate surface area is 81.9 Å². The van der Waals surface area contributed by atoms with E-state index >= 15 is 0 Å². The highest BCUT2D eigenvalue weighted by Gasteiger charge is 2.16. The number of halogens is 1. The summed E-state index contributed by atoms with van der Waals surface area (Å²) in [5.74, 6) is -0.235. The minimum Gasteiger partial charge on any atom is -0.357 e. The van der Waals surface area contributed by atoms with Crippen LogP contribution in [0.3, 0.4) is 0 Å². The van der Waals surface area contributed by atoms with Crippen LogP contribution in [0.25, 0.3) is 10.9 Å². The molecule has 0 radical (unpaired) electrons. The van der Waals surface area contributed by atoms with Crippen LogP contribution in [-0.4, -0.2) is 4.98 Å². The van der Waals surface area contributed by atoms with Gasteiger partial charge < -0.3 is 10.7 Å². The highest BCUT2D eigenvalue weighted by Crippen LogP contribution is 2.22. The number of H-pyrrole nitrogens is 1. The van der Waals surface area contributed by atoms with Crippen molar-refractivity contribution in [1.29, 1.82) is 0 Å². The van der Waals surface area contributed by atoms with Gasteiger partial charge in [0.2, 0.25) is 0 Å². The average Bonchev–Trinajstić information content (AvgIpc) is 2.45. The Balaban J connectivity index is 2.63. The lowest BCUT2D eigenvalue weighted by Gasteiger charge is -2.15. The number of aromatic amines is 1. The molecule has 0 aliphatic carbocycles. The maximum Gasteiger partial charge on any atom is 0.125 e. The van der Waals surface area contributed by atoms with Crippen molar-refractivity contribution in [3.8, 4) is 0 Å². The van der Waals surface area contributed by atoms with Crippen LogP contribution in [0, 0.1) is 5.82 Å². The van der Waals surface area contributed by atoms with Crippen LogP contribution < -0.4 is 5.73 Å². The molecule has 2 aromatic rings. The van der Waals surface area contributed by atoms with Crippen LogP contribution >= 0.6 is 0 Å². The molecular formula is C11H13FN2. The topological polar surface area (TPSA) is 41.8 Å². The van der Waals surface area contributed by atoms with Crippen molar-refractivity contribution in [1.82, 2.24) is 4.98 Å². The highest BCUT2D eigenvalue weighted by molar-refractivity contribution is 5.80. The molecule has 14 heavy (non-hydrogen) atoms. The summed E-state index contributed by atoms with van der Waals surface area (Å²) in [4.78, 5) is 3.11. The van der Waals surface area contributed by atoms with Gasteiger partial charge in [-0.15, -0.1) is 0 Å². The Bertz CT molecular complexity index is 466. The number of aromatic nitrogens is 1. The Hall–Kier alpha value is -1.35. The summed E-state index contributed by atoms with van der Waals surface area (Å²) in [6.45, 7) is 3.82. The van der Waals surface area contributed by atoms with Gasteiger partial charge in [0, 0.05) is 11.2 Å². The Morgan fingerprint density at radius 2 is 2.00 bits per heavy atom. The zero-order valence-electron chi connectivity index (χ0n) is 8.26. The lowest BCUT2D eigenvalue weighted by atomic mass is 10.0. The molecule has 0 aliphatic rings. The fourth-order valence-electron chi connectivity index (χ4n) is 1.45. The van der Waals surface area contributed by atoms with E-state index in [0.717, 1.165) is 16.6 Å². The molecule has 2 nitrogen and oxygen atoms in total. The van der Waals surface area contributed by atoms with Gasteiger partial charge in [-0.05, 0) is 43.5 Å². The van der Waals surface area contributed by atoms with E-state index < -0.39 is 5.54 Å². The van der Waals surface area contributed by atoms with E-state index in [2.05, 4.69) is 4.98 Å². The summed E-state index contributed by atoms with van der Waals surface area (Å²) < 4.78 is 12.9. The second-order valence-corrected chi connectivity index (χ2v) is 4.14. The molecule has 2 rings (SSSR count). The quantitative estimate of drug-likeness (QED) is 0.716. The maximum atomic E-state index is 12.9. The van der Waals surface area contributed by atoms with Crippen LogP contribution in [0.1, 0.15) is 19.5 Å². The molecule has 1 heterocycles. The lowest BCUT2D eigenvalue weighted by Crippen LogP contribution is -2.28. The summed E-state index contributed by atoms with van der Waals surface area (Å²) in [6.07, 6.45) is 0. The second-order valence-electron chi connectivity index (χ2n) is 4.14. The first-order valence-electron chi connectivity index (χ1n) is 4.54. The molecule has 0 unspecified atom stereocenters. The van der Waals surface area contributed by atoms with E-state index in [9.17, 15) is 4.39 Å². The molecule has 3 heteroatoms. The van der Waals surface area contributed by atoms with E-state index in [0.29, 0.717) is 0 Å². The predicted octanol–water partition coefficient (Wildman–Crippen LogP) is 2.50. The van der Waals surface area contributed by atoms with Crippen molar-refractivity contribution in [3.05, 3.63) is 35.8 Å². The van der Waals surface area contributed by atoms with Gasteiger partial charge in [0.25, 0.3) is 0 Å². The molecule has 1 aromatic carbocycles. The second kappa shape index (κ2) is 2.82. The Kier molecular flexibility index (Phi) is 1.86. The van der Waals surface area contributed by atoms with Gasteiger partial charge in [0.15, 0.2) is 0 Å². The molecule has 0 amide bonds. The summed E-state index contributed by atoms with van der Waals surface area (Å²) >= 11 is 0. The lowest BCUT2D eigenvalue weighted by molar-refractivity contribution is 0.540. The first-order valence-corrected chi connectivity index (χ1v) is 4.54. The number of hydrogen-bond donors (Lipinski definition) is 2. The predicted molar refractivity (Wildman–Crippen MR) is 55.5 cm³/mol. The van der Waals surface area contributed by atoms with Gasteiger partial charge in [0.1, 0.15) is 5.82 Å². The number of hydrogen-bond acceptors (Lipinski definition) is 1. The first kappa shape index (κ1) is 9.21. The molecule has 0 bridgehead atoms. The third-order valence-corrected chi connectivity index (χ3v) is 2.28. The maximum absolute atomic E-state index is 12.9. The molecule has 0 saturated carbocycles. The minimum absolute atomic E-state index is 0.235. The Morgan fingerprint density at radius 3 is 2.64 bits per heavy atom. The number of benzene rings is 1. The van der Waals surface area contributed by atoms with Crippen molar-refractivity contribution < 1.29 is 4.39 Å². The van der Waals surface area contributed by atoms with Crippen LogP contribution in [0.15, 0.2) is 24.3 Å². The van der Waals surface area contributed by atoms with Gasteiger partial charge in [0.05, 0.1) is 5.54 Å². The van der Waals surface area contributed by atoms with E-state index in [1.54, 1.807) is 6.07 Å². The average molecular weight is 192 g/mol. The summed E-state index contributed by atoms with van der Waals surface area (Å²) in [7, 11) is 0. The van der Waals surface area contributed by atoms with E-state index in [4.69, 9.17) is 5.73 Å². The van der Waals surface area contributed by atoms with Crippen molar-refractivity contribution in [3.63, 3.8) is 0 Å². The van der Waals surface area contributed by atoms with Crippen LogP contribution in [0.2, 0.25) is 0 Å². The molecule has 0 aliphatic heterocycles. The standard InChI is InChI=1S/C11H13FN2/c1-11(2,13)10-5-7-3-4-8(12)6-9(7)14-10/h3-6,14H,13H2,1-2H3. The monoisotopic (exact) mass is 192 g/mol. The normalized spacial score (nSPS) is 12.3. The number of rotatable bonds is 1. The molecule has 0 fully saturated rings. The van der Waals surface area contributed by atoms with E-state index in [1.807, 2.05) is 19.9 Å². The summed E-state index contributed by atoms with van der Waals surface area (Å²) in [6, 6.07) is 6.62. The smallest absolute Gasteiger partial charge is 0.125 e. The Morgan fingerprint density at radius 1 is 1.29 bits per heavy atom. The van der Waals surface area contributed by atoms with Crippen LogP contribution in [-0.2, 0) is 5.54 Å². The molecule has 1 aromatic heterocycles. The zero-order chi connectivity index (χ0) is 10.3. The molecule has 0 atom stereocenters. The summed E-state index contributed by atoms with van der Waals surface area (Å²) in [5, 5.41) is 0.986. The fraction of sp³-hybridized carbons (Fsp3) is 0.273. The largest absolute Gasteiger partial charge is 0.357 e. The molecule has 74 valence electrons. The van der Waals surface area contributed by atoms with Crippen molar-refractivity contribution in [2.24, 2.45) is 5.73 Å². The van der Waals surface area contributed by atoms with Gasteiger partial charge in [-0.3, -0.25) is 0 Å². The third kappa shape index (κ3) is 1.51. The zero-order valence-corrected chi connectivity index (χ0v) is 8.26.